The molecule has 4 aromatic rings. The van der Waals surface area contributed by atoms with E-state index in [0.29, 0.717) is 0 Å². The van der Waals surface area contributed by atoms with E-state index in [1.54, 1.807) is 0 Å². The van der Waals surface area contributed by atoms with Crippen LogP contribution in [0.3, 0.4) is 0 Å². The van der Waals surface area contributed by atoms with Crippen LogP contribution >= 0.6 is 0 Å². The van der Waals surface area contributed by atoms with Crippen LogP contribution in [0.1, 0.15) is 0 Å². The van der Waals surface area contributed by atoms with Gasteiger partial charge in [0, 0.05) is 23.5 Å². The molecule has 0 aliphatic heterocycles. The molecule has 0 aliphatic carbocycles. The molecule has 32 heavy (non-hydrogen) atoms. The average Bonchev–Trinajstić information content (AvgIpc) is 2.78. The van der Waals surface area contributed by atoms with Crippen molar-refractivity contribution in [1.82, 2.24) is 9.97 Å². The molecule has 0 saturated heterocycles. The highest BCUT2D eigenvalue weighted by Gasteiger charge is 2.23. The molecule has 0 aliphatic rings. The molecule has 2 nitrogen and oxygen atoms in total. The lowest BCUT2D eigenvalue weighted by Crippen LogP contribution is -2.37. The molecule has 4 rings (SSSR count). The molecule has 0 radical (unpaired) electrons. The molecular formula is C28H32N2Si2. The summed E-state index contributed by atoms with van der Waals surface area (Å²) in [6, 6.07) is 26.3. The van der Waals surface area contributed by atoms with Gasteiger partial charge in [-0.25, -0.2) is 0 Å². The number of rotatable bonds is 5. The normalized spacial score (nSPS) is 12.1. The lowest BCUT2D eigenvalue weighted by Gasteiger charge is -2.23. The van der Waals surface area contributed by atoms with Crippen LogP contribution in [0.25, 0.3) is 33.6 Å². The van der Waals surface area contributed by atoms with Crippen LogP contribution < -0.4 is 10.4 Å². The third-order valence-corrected chi connectivity index (χ3v) is 10.0. The maximum Gasteiger partial charge on any atom is 0.0776 e. The van der Waals surface area contributed by atoms with Gasteiger partial charge in [0.05, 0.1) is 27.5 Å². The van der Waals surface area contributed by atoms with Crippen molar-refractivity contribution >= 4 is 26.5 Å². The Morgan fingerprint density at radius 3 is 1.19 bits per heavy atom. The molecule has 0 unspecified atom stereocenters. The molecule has 0 amide bonds. The third-order valence-electron chi connectivity index (χ3n) is 5.94. The first-order chi connectivity index (χ1) is 15.1. The maximum absolute atomic E-state index is 4.72. The van der Waals surface area contributed by atoms with Crippen molar-refractivity contribution in [2.75, 3.05) is 0 Å². The minimum Gasteiger partial charge on any atom is -0.256 e. The third kappa shape index (κ3) is 4.66. The zero-order valence-corrected chi connectivity index (χ0v) is 22.0. The van der Waals surface area contributed by atoms with E-state index in [4.69, 9.17) is 9.97 Å². The lowest BCUT2D eigenvalue weighted by molar-refractivity contribution is 1.32. The molecule has 0 N–H and O–H groups in total. The van der Waals surface area contributed by atoms with Crippen LogP contribution in [0.2, 0.25) is 39.3 Å². The molecule has 2 heterocycles. The van der Waals surface area contributed by atoms with Gasteiger partial charge in [0.25, 0.3) is 0 Å². The number of hydrogen-bond donors (Lipinski definition) is 0. The summed E-state index contributed by atoms with van der Waals surface area (Å²) < 4.78 is 0. The monoisotopic (exact) mass is 452 g/mol. The van der Waals surface area contributed by atoms with Crippen LogP contribution in [0.5, 0.6) is 0 Å². The minimum absolute atomic E-state index is 1.02. The highest BCUT2D eigenvalue weighted by Crippen LogP contribution is 2.36. The van der Waals surface area contributed by atoms with E-state index >= 15 is 0 Å². The first-order valence-corrected chi connectivity index (χ1v) is 18.3. The molecule has 0 atom stereocenters. The Morgan fingerprint density at radius 2 is 0.875 bits per heavy atom. The minimum atomic E-state index is -1.47. The van der Waals surface area contributed by atoms with Crippen molar-refractivity contribution in [3.05, 3.63) is 85.2 Å². The van der Waals surface area contributed by atoms with Gasteiger partial charge in [0.2, 0.25) is 0 Å². The van der Waals surface area contributed by atoms with Crippen molar-refractivity contribution in [3.63, 3.8) is 0 Å². The fraction of sp³-hybridized carbons (Fsp3) is 0.214. The molecule has 4 heteroatoms. The van der Waals surface area contributed by atoms with Crippen LogP contribution in [-0.4, -0.2) is 26.1 Å². The Bertz CT molecular complexity index is 1120. The van der Waals surface area contributed by atoms with Gasteiger partial charge in [-0.1, -0.05) is 98.2 Å². The number of aromatic nitrogens is 2. The van der Waals surface area contributed by atoms with Crippen LogP contribution in [0, 0.1) is 0 Å². The van der Waals surface area contributed by atoms with E-state index in [0.717, 1.165) is 11.4 Å². The second-order valence-electron chi connectivity index (χ2n) is 10.5. The van der Waals surface area contributed by atoms with Gasteiger partial charge >= 0.3 is 0 Å². The van der Waals surface area contributed by atoms with Gasteiger partial charge in [-0.15, -0.1) is 0 Å². The number of nitrogens with zero attached hydrogens (tertiary/aromatic N) is 2. The zero-order valence-electron chi connectivity index (χ0n) is 20.0. The van der Waals surface area contributed by atoms with Gasteiger partial charge < -0.3 is 0 Å². The summed E-state index contributed by atoms with van der Waals surface area (Å²) in [5.74, 6) is 0. The second-order valence-corrected chi connectivity index (χ2v) is 20.6. The Balaban J connectivity index is 2.01. The van der Waals surface area contributed by atoms with Crippen LogP contribution in [0.15, 0.2) is 85.2 Å². The van der Waals surface area contributed by atoms with E-state index in [-0.39, 0.29) is 0 Å². The van der Waals surface area contributed by atoms with E-state index in [9.17, 15) is 0 Å². The maximum atomic E-state index is 4.72. The van der Waals surface area contributed by atoms with Crippen molar-refractivity contribution in [2.24, 2.45) is 0 Å². The Hall–Kier alpha value is -2.83. The standard InChI is InChI=1S/C28H32N2Si2/c1-31(2,3)21-13-15-23(25(19-21)27-11-7-9-17-29-27)24-16-14-22(32(4,5)6)20-26(24)28-12-8-10-18-30-28/h7-20H,1-6H3. The Kier molecular flexibility index (Phi) is 6.01. The molecule has 0 saturated carbocycles. The summed E-state index contributed by atoms with van der Waals surface area (Å²) in [6.45, 7) is 14.4. The predicted molar refractivity (Wildman–Crippen MR) is 144 cm³/mol. The molecule has 0 fully saturated rings. The summed E-state index contributed by atoms with van der Waals surface area (Å²) in [5, 5.41) is 2.89. The molecular weight excluding hydrogens is 420 g/mol. The second kappa shape index (κ2) is 8.60. The summed E-state index contributed by atoms with van der Waals surface area (Å²) in [6.07, 6.45) is 3.77. The fourth-order valence-corrected chi connectivity index (χ4v) is 6.28. The zero-order chi connectivity index (χ0) is 22.9. The number of benzene rings is 2. The SMILES string of the molecule is C[Si](C)(C)c1ccc(-c2ccc([Si](C)(C)C)cc2-c2ccccn2)c(-c2ccccn2)c1. The van der Waals surface area contributed by atoms with Gasteiger partial charge in [0.15, 0.2) is 0 Å². The first kappa shape index (κ1) is 22.4. The van der Waals surface area contributed by atoms with E-state index in [2.05, 4.69) is 99.9 Å². The van der Waals surface area contributed by atoms with Gasteiger partial charge in [-0.05, 0) is 35.4 Å². The molecule has 0 bridgehead atoms. The lowest BCUT2D eigenvalue weighted by atomic mass is 9.92. The van der Waals surface area contributed by atoms with Gasteiger partial charge in [-0.3, -0.25) is 9.97 Å². The molecule has 2 aromatic heterocycles. The summed E-state index contributed by atoms with van der Waals surface area (Å²) in [5.41, 5.74) is 6.86. The highest BCUT2D eigenvalue weighted by atomic mass is 28.3. The first-order valence-electron chi connectivity index (χ1n) is 11.3. The van der Waals surface area contributed by atoms with Crippen molar-refractivity contribution in [3.8, 4) is 33.6 Å². The van der Waals surface area contributed by atoms with Gasteiger partial charge in [-0.2, -0.15) is 0 Å². The van der Waals surface area contributed by atoms with Crippen molar-refractivity contribution < 1.29 is 0 Å². The Labute approximate surface area is 194 Å². The van der Waals surface area contributed by atoms with Crippen LogP contribution in [-0.2, 0) is 0 Å². The fourth-order valence-electron chi connectivity index (χ4n) is 3.96. The predicted octanol–water partition coefficient (Wildman–Crippen LogP) is 6.57. The average molecular weight is 453 g/mol. The number of pyridine rings is 2. The van der Waals surface area contributed by atoms with Crippen molar-refractivity contribution in [1.29, 1.82) is 0 Å². The smallest absolute Gasteiger partial charge is 0.0776 e. The van der Waals surface area contributed by atoms with E-state index < -0.39 is 16.1 Å². The summed E-state index contributed by atoms with van der Waals surface area (Å²) in [7, 11) is -2.93. The molecule has 0 spiro atoms. The van der Waals surface area contributed by atoms with Gasteiger partial charge in [0.1, 0.15) is 0 Å². The van der Waals surface area contributed by atoms with E-state index in [1.807, 2.05) is 24.5 Å². The highest BCUT2D eigenvalue weighted by molar-refractivity contribution is 6.89. The topological polar surface area (TPSA) is 25.8 Å². The van der Waals surface area contributed by atoms with E-state index in [1.165, 1.54) is 32.6 Å². The Morgan fingerprint density at radius 1 is 0.469 bits per heavy atom. The summed E-state index contributed by atoms with van der Waals surface area (Å²) in [4.78, 5) is 9.45. The largest absolute Gasteiger partial charge is 0.256 e. The summed E-state index contributed by atoms with van der Waals surface area (Å²) >= 11 is 0. The molecule has 162 valence electrons. The quantitative estimate of drug-likeness (QED) is 0.320. The number of hydrogen-bond acceptors (Lipinski definition) is 2. The van der Waals surface area contributed by atoms with Crippen LogP contribution in [0.4, 0.5) is 0 Å². The van der Waals surface area contributed by atoms with Crippen molar-refractivity contribution in [2.45, 2.75) is 39.3 Å². The molecule has 2 aromatic carbocycles.